The van der Waals surface area contributed by atoms with Crippen LogP contribution in [-0.4, -0.2) is 49.3 Å². The maximum Gasteiger partial charge on any atom is 0.0726 e. The van der Waals surface area contributed by atoms with E-state index in [1.807, 2.05) is 7.11 Å². The molecule has 2 fully saturated rings. The predicted molar refractivity (Wildman–Crippen MR) is 75.9 cm³/mol. The summed E-state index contributed by atoms with van der Waals surface area (Å²) in [6.07, 6.45) is 8.20. The molecule has 106 valence electrons. The lowest BCUT2D eigenvalue weighted by molar-refractivity contribution is 0.0266. The quantitative estimate of drug-likeness (QED) is 0.837. The smallest absolute Gasteiger partial charge is 0.0726 e. The molecule has 18 heavy (non-hydrogen) atoms. The minimum absolute atomic E-state index is 0.479. The van der Waals surface area contributed by atoms with Crippen LogP contribution in [0.1, 0.15) is 52.4 Å². The molecule has 1 saturated heterocycles. The number of hydrogen-bond donors (Lipinski definition) is 1. The molecule has 2 aliphatic rings. The Morgan fingerprint density at radius 1 is 1.17 bits per heavy atom. The standard InChI is InChI=1S/C15H30N2O/c1-4-13-9-11-17(10-8-12(2)16-13)14-6-5-7-15(14)18-3/h12-16H,4-11H2,1-3H3. The SMILES string of the molecule is CCC1CCN(C2CCCC2OC)CCC(C)N1. The van der Waals surface area contributed by atoms with Crippen LogP contribution in [0.2, 0.25) is 0 Å². The summed E-state index contributed by atoms with van der Waals surface area (Å²) in [5, 5.41) is 3.75. The molecule has 4 atom stereocenters. The molecule has 0 radical (unpaired) electrons. The van der Waals surface area contributed by atoms with Crippen LogP contribution in [0.25, 0.3) is 0 Å². The Balaban J connectivity index is 1.94. The van der Waals surface area contributed by atoms with E-state index >= 15 is 0 Å². The zero-order valence-electron chi connectivity index (χ0n) is 12.3. The Bertz CT molecular complexity index is 247. The fraction of sp³-hybridized carbons (Fsp3) is 1.00. The summed E-state index contributed by atoms with van der Waals surface area (Å²) in [5.41, 5.74) is 0. The second-order valence-corrected chi connectivity index (χ2v) is 6.06. The molecule has 0 aromatic heterocycles. The summed E-state index contributed by atoms with van der Waals surface area (Å²) in [5.74, 6) is 0. The van der Waals surface area contributed by atoms with Crippen LogP contribution in [0.3, 0.4) is 0 Å². The first kappa shape index (κ1) is 14.3. The summed E-state index contributed by atoms with van der Waals surface area (Å²) in [7, 11) is 1.88. The average Bonchev–Trinajstić information content (AvgIpc) is 2.82. The lowest BCUT2D eigenvalue weighted by atomic mass is 10.0. The number of nitrogens with zero attached hydrogens (tertiary/aromatic N) is 1. The summed E-state index contributed by atoms with van der Waals surface area (Å²) in [6.45, 7) is 7.09. The first-order valence-corrected chi connectivity index (χ1v) is 7.77. The maximum atomic E-state index is 5.67. The number of hydrogen-bond acceptors (Lipinski definition) is 3. The van der Waals surface area contributed by atoms with E-state index in [1.54, 1.807) is 0 Å². The van der Waals surface area contributed by atoms with Crippen LogP contribution in [0, 0.1) is 0 Å². The van der Waals surface area contributed by atoms with Gasteiger partial charge in [-0.3, -0.25) is 4.90 Å². The zero-order chi connectivity index (χ0) is 13.0. The number of ether oxygens (including phenoxy) is 1. The molecular weight excluding hydrogens is 224 g/mol. The second-order valence-electron chi connectivity index (χ2n) is 6.06. The summed E-state index contributed by atoms with van der Waals surface area (Å²) < 4.78 is 5.67. The van der Waals surface area contributed by atoms with E-state index in [9.17, 15) is 0 Å². The van der Waals surface area contributed by atoms with Gasteiger partial charge >= 0.3 is 0 Å². The molecule has 3 nitrogen and oxygen atoms in total. The summed E-state index contributed by atoms with van der Waals surface area (Å²) in [4.78, 5) is 2.71. The Labute approximate surface area is 112 Å². The van der Waals surface area contributed by atoms with Gasteiger partial charge in [-0.15, -0.1) is 0 Å². The zero-order valence-corrected chi connectivity index (χ0v) is 12.3. The largest absolute Gasteiger partial charge is 0.380 e. The second kappa shape index (κ2) is 6.88. The molecule has 2 rings (SSSR count). The van der Waals surface area contributed by atoms with Gasteiger partial charge in [0.05, 0.1) is 6.10 Å². The van der Waals surface area contributed by atoms with Crippen LogP contribution >= 0.6 is 0 Å². The van der Waals surface area contributed by atoms with Crippen LogP contribution in [0.15, 0.2) is 0 Å². The van der Waals surface area contributed by atoms with Crippen molar-refractivity contribution in [2.75, 3.05) is 20.2 Å². The highest BCUT2D eigenvalue weighted by atomic mass is 16.5. The van der Waals surface area contributed by atoms with Gasteiger partial charge in [-0.05, 0) is 45.4 Å². The third kappa shape index (κ3) is 3.46. The molecule has 0 spiro atoms. The van der Waals surface area contributed by atoms with Gasteiger partial charge in [-0.25, -0.2) is 0 Å². The number of methoxy groups -OCH3 is 1. The molecule has 0 bridgehead atoms. The molecule has 4 unspecified atom stereocenters. The van der Waals surface area contributed by atoms with Crippen molar-refractivity contribution in [1.82, 2.24) is 10.2 Å². The van der Waals surface area contributed by atoms with Crippen molar-refractivity contribution in [2.24, 2.45) is 0 Å². The van der Waals surface area contributed by atoms with Gasteiger partial charge in [-0.1, -0.05) is 6.92 Å². The fourth-order valence-corrected chi connectivity index (χ4v) is 3.61. The van der Waals surface area contributed by atoms with E-state index in [2.05, 4.69) is 24.1 Å². The van der Waals surface area contributed by atoms with Crippen molar-refractivity contribution in [3.63, 3.8) is 0 Å². The van der Waals surface area contributed by atoms with Gasteiger partial charge in [0.1, 0.15) is 0 Å². The first-order valence-electron chi connectivity index (χ1n) is 7.77. The van der Waals surface area contributed by atoms with Gasteiger partial charge in [0.2, 0.25) is 0 Å². The van der Waals surface area contributed by atoms with Crippen molar-refractivity contribution >= 4 is 0 Å². The highest BCUT2D eigenvalue weighted by Gasteiger charge is 2.33. The Kier molecular flexibility index (Phi) is 5.46. The van der Waals surface area contributed by atoms with Crippen molar-refractivity contribution in [2.45, 2.75) is 76.6 Å². The van der Waals surface area contributed by atoms with Gasteiger partial charge in [0.15, 0.2) is 0 Å². The van der Waals surface area contributed by atoms with E-state index < -0.39 is 0 Å². The van der Waals surface area contributed by atoms with E-state index in [0.717, 1.165) is 0 Å². The highest BCUT2D eigenvalue weighted by molar-refractivity contribution is 4.88. The minimum atomic E-state index is 0.479. The van der Waals surface area contributed by atoms with E-state index in [1.165, 1.54) is 51.6 Å². The molecule has 1 aliphatic heterocycles. The number of nitrogens with one attached hydrogen (secondary N) is 1. The molecule has 0 aromatic carbocycles. The lowest BCUT2D eigenvalue weighted by Crippen LogP contribution is -2.49. The van der Waals surface area contributed by atoms with Crippen LogP contribution in [0.4, 0.5) is 0 Å². The lowest BCUT2D eigenvalue weighted by Gasteiger charge is -2.37. The van der Waals surface area contributed by atoms with Crippen molar-refractivity contribution in [3.8, 4) is 0 Å². The predicted octanol–water partition coefficient (Wildman–Crippen LogP) is 2.41. The Morgan fingerprint density at radius 2 is 1.94 bits per heavy atom. The van der Waals surface area contributed by atoms with Crippen molar-refractivity contribution < 1.29 is 4.74 Å². The molecule has 0 amide bonds. The first-order chi connectivity index (χ1) is 8.74. The summed E-state index contributed by atoms with van der Waals surface area (Å²) >= 11 is 0. The van der Waals surface area contributed by atoms with Crippen LogP contribution in [-0.2, 0) is 4.74 Å². The third-order valence-corrected chi connectivity index (χ3v) is 4.82. The van der Waals surface area contributed by atoms with Crippen LogP contribution in [0.5, 0.6) is 0 Å². The van der Waals surface area contributed by atoms with Gasteiger partial charge in [-0.2, -0.15) is 0 Å². The summed E-state index contributed by atoms with van der Waals surface area (Å²) in [6, 6.07) is 2.03. The van der Waals surface area contributed by atoms with E-state index in [4.69, 9.17) is 4.74 Å². The molecule has 1 N–H and O–H groups in total. The maximum absolute atomic E-state index is 5.67. The molecular formula is C15H30N2O. The molecule has 3 heteroatoms. The van der Waals surface area contributed by atoms with Crippen LogP contribution < -0.4 is 5.32 Å². The monoisotopic (exact) mass is 254 g/mol. The highest BCUT2D eigenvalue weighted by Crippen LogP contribution is 2.27. The number of rotatable bonds is 3. The average molecular weight is 254 g/mol. The molecule has 1 saturated carbocycles. The van der Waals surface area contributed by atoms with Gasteiger partial charge in [0.25, 0.3) is 0 Å². The fourth-order valence-electron chi connectivity index (χ4n) is 3.61. The Hall–Kier alpha value is -0.120. The Morgan fingerprint density at radius 3 is 2.67 bits per heavy atom. The third-order valence-electron chi connectivity index (χ3n) is 4.82. The minimum Gasteiger partial charge on any atom is -0.380 e. The normalized spacial score (nSPS) is 39.5. The van der Waals surface area contributed by atoms with Gasteiger partial charge in [0, 0.05) is 38.3 Å². The molecule has 1 heterocycles. The molecule has 0 aromatic rings. The van der Waals surface area contributed by atoms with Crippen molar-refractivity contribution in [1.29, 1.82) is 0 Å². The van der Waals surface area contributed by atoms with Crippen molar-refractivity contribution in [3.05, 3.63) is 0 Å². The van der Waals surface area contributed by atoms with Gasteiger partial charge < -0.3 is 10.1 Å². The molecule has 1 aliphatic carbocycles. The topological polar surface area (TPSA) is 24.5 Å². The van der Waals surface area contributed by atoms with E-state index in [0.29, 0.717) is 24.2 Å². The van der Waals surface area contributed by atoms with E-state index in [-0.39, 0.29) is 0 Å².